The van der Waals surface area contributed by atoms with Gasteiger partial charge in [0.25, 0.3) is 0 Å². The van der Waals surface area contributed by atoms with Gasteiger partial charge in [0.05, 0.1) is 4.92 Å². The summed E-state index contributed by atoms with van der Waals surface area (Å²) in [7, 11) is 0. The van der Waals surface area contributed by atoms with Crippen molar-refractivity contribution in [2.75, 3.05) is 0 Å². The van der Waals surface area contributed by atoms with Crippen molar-refractivity contribution >= 4 is 16.8 Å². The molecule has 1 heterocycles. The Morgan fingerprint density at radius 2 is 2.31 bits per heavy atom. The summed E-state index contributed by atoms with van der Waals surface area (Å²) in [6.07, 6.45) is 0. The second-order valence-corrected chi connectivity index (χ2v) is 2.27. The summed E-state index contributed by atoms with van der Waals surface area (Å²) >= 11 is 0. The zero-order valence-electron chi connectivity index (χ0n) is 6.10. The molecule has 6 nitrogen and oxygen atoms in total. The second-order valence-electron chi connectivity index (χ2n) is 2.27. The SMILES string of the molecule is O=[N+]([O-])c1c(F)ccc2onnc12. The van der Waals surface area contributed by atoms with Crippen LogP contribution >= 0.6 is 0 Å². The maximum atomic E-state index is 12.9. The van der Waals surface area contributed by atoms with E-state index < -0.39 is 16.4 Å². The number of aromatic nitrogens is 2. The predicted octanol–water partition coefficient (Wildman–Crippen LogP) is 1.27. The molecule has 0 aliphatic heterocycles. The molecule has 0 N–H and O–H groups in total. The van der Waals surface area contributed by atoms with Crippen LogP contribution in [0.3, 0.4) is 0 Å². The first kappa shape index (κ1) is 7.59. The minimum Gasteiger partial charge on any atom is -0.337 e. The van der Waals surface area contributed by atoms with Gasteiger partial charge >= 0.3 is 5.69 Å². The molecule has 0 amide bonds. The van der Waals surface area contributed by atoms with Gasteiger partial charge in [-0.25, -0.2) is 0 Å². The lowest BCUT2D eigenvalue weighted by Crippen LogP contribution is -1.93. The summed E-state index contributed by atoms with van der Waals surface area (Å²) in [5.74, 6) is -0.951. The highest BCUT2D eigenvalue weighted by molar-refractivity contribution is 5.81. The van der Waals surface area contributed by atoms with Crippen LogP contribution in [0.15, 0.2) is 16.7 Å². The number of hydrogen-bond acceptors (Lipinski definition) is 5. The fourth-order valence-electron chi connectivity index (χ4n) is 0.986. The van der Waals surface area contributed by atoms with Gasteiger partial charge < -0.3 is 4.52 Å². The molecule has 0 aliphatic rings. The Bertz CT molecular complexity index is 481. The van der Waals surface area contributed by atoms with Crippen LogP contribution < -0.4 is 0 Å². The summed E-state index contributed by atoms with van der Waals surface area (Å²) in [6, 6.07) is 2.17. The van der Waals surface area contributed by atoms with Crippen molar-refractivity contribution in [1.82, 2.24) is 10.4 Å². The minimum atomic E-state index is -0.951. The highest BCUT2D eigenvalue weighted by Gasteiger charge is 2.22. The highest BCUT2D eigenvalue weighted by Crippen LogP contribution is 2.25. The Morgan fingerprint density at radius 1 is 1.54 bits per heavy atom. The van der Waals surface area contributed by atoms with Crippen molar-refractivity contribution < 1.29 is 13.8 Å². The van der Waals surface area contributed by atoms with Gasteiger partial charge in [-0.2, -0.15) is 4.39 Å². The van der Waals surface area contributed by atoms with Crippen molar-refractivity contribution in [1.29, 1.82) is 0 Å². The Kier molecular flexibility index (Phi) is 1.44. The van der Waals surface area contributed by atoms with E-state index in [0.717, 1.165) is 6.07 Å². The number of nitro benzene ring substituents is 1. The first-order valence-corrected chi connectivity index (χ1v) is 3.25. The molecule has 0 radical (unpaired) electrons. The Labute approximate surface area is 70.1 Å². The predicted molar refractivity (Wildman–Crippen MR) is 38.4 cm³/mol. The molecule has 1 aromatic heterocycles. The smallest absolute Gasteiger partial charge is 0.336 e. The number of nitrogens with zero attached hydrogens (tertiary/aromatic N) is 3. The van der Waals surface area contributed by atoms with Crippen molar-refractivity contribution in [2.24, 2.45) is 0 Å². The lowest BCUT2D eigenvalue weighted by Gasteiger charge is -1.91. The standard InChI is InChI=1S/C6H2FN3O3/c7-3-1-2-4-5(8-9-13-4)6(3)10(11)12/h1-2H. The maximum absolute atomic E-state index is 12.9. The largest absolute Gasteiger partial charge is 0.337 e. The molecular formula is C6H2FN3O3. The average molecular weight is 183 g/mol. The molecule has 2 rings (SSSR count). The first-order valence-electron chi connectivity index (χ1n) is 3.25. The summed E-state index contributed by atoms with van der Waals surface area (Å²) in [4.78, 5) is 9.53. The van der Waals surface area contributed by atoms with Gasteiger partial charge in [0.15, 0.2) is 5.58 Å². The monoisotopic (exact) mass is 183 g/mol. The Balaban J connectivity index is 2.88. The summed E-state index contributed by atoms with van der Waals surface area (Å²) in [5.41, 5.74) is -0.795. The van der Waals surface area contributed by atoms with Crippen LogP contribution in [0.1, 0.15) is 0 Å². The molecule has 0 aliphatic carbocycles. The van der Waals surface area contributed by atoms with E-state index in [1.807, 2.05) is 0 Å². The fourth-order valence-corrected chi connectivity index (χ4v) is 0.986. The van der Waals surface area contributed by atoms with Gasteiger partial charge in [0.2, 0.25) is 11.3 Å². The van der Waals surface area contributed by atoms with Crippen LogP contribution in [0, 0.1) is 15.9 Å². The van der Waals surface area contributed by atoms with Gasteiger partial charge in [-0.05, 0) is 12.1 Å². The van der Waals surface area contributed by atoms with Gasteiger partial charge in [-0.15, -0.1) is 5.10 Å². The average Bonchev–Trinajstić information content (AvgIpc) is 2.50. The number of benzene rings is 1. The molecule has 0 unspecified atom stereocenters. The van der Waals surface area contributed by atoms with E-state index in [1.165, 1.54) is 6.07 Å². The third-order valence-corrected chi connectivity index (χ3v) is 1.53. The van der Waals surface area contributed by atoms with Crippen LogP contribution in [-0.2, 0) is 0 Å². The molecule has 0 saturated heterocycles. The molecule has 66 valence electrons. The quantitative estimate of drug-likeness (QED) is 0.491. The normalized spacial score (nSPS) is 10.5. The number of nitro groups is 1. The van der Waals surface area contributed by atoms with Crippen molar-refractivity contribution in [3.8, 4) is 0 Å². The van der Waals surface area contributed by atoms with E-state index in [9.17, 15) is 14.5 Å². The van der Waals surface area contributed by atoms with Gasteiger partial charge in [0.1, 0.15) is 0 Å². The van der Waals surface area contributed by atoms with Crippen molar-refractivity contribution in [3.05, 3.63) is 28.1 Å². The summed E-state index contributed by atoms with van der Waals surface area (Å²) in [6.45, 7) is 0. The van der Waals surface area contributed by atoms with Crippen LogP contribution in [-0.4, -0.2) is 15.3 Å². The van der Waals surface area contributed by atoms with E-state index in [1.54, 1.807) is 0 Å². The minimum absolute atomic E-state index is 0.0908. The number of hydrogen-bond donors (Lipinski definition) is 0. The molecule has 0 saturated carbocycles. The van der Waals surface area contributed by atoms with Crippen LogP contribution in [0.4, 0.5) is 10.1 Å². The summed E-state index contributed by atoms with van der Waals surface area (Å²) in [5, 5.41) is 16.8. The fraction of sp³-hybridized carbons (Fsp3) is 0. The van der Waals surface area contributed by atoms with Crippen LogP contribution in [0.25, 0.3) is 11.1 Å². The number of fused-ring (bicyclic) bond motifs is 1. The third-order valence-electron chi connectivity index (χ3n) is 1.53. The maximum Gasteiger partial charge on any atom is 0.336 e. The van der Waals surface area contributed by atoms with E-state index >= 15 is 0 Å². The molecule has 0 fully saturated rings. The van der Waals surface area contributed by atoms with Crippen LogP contribution in [0.5, 0.6) is 0 Å². The Hall–Kier alpha value is -2.05. The lowest BCUT2D eigenvalue weighted by atomic mass is 10.3. The molecule has 2 aromatic rings. The van der Waals surface area contributed by atoms with E-state index in [-0.39, 0.29) is 11.1 Å². The molecule has 1 aromatic carbocycles. The van der Waals surface area contributed by atoms with Gasteiger partial charge in [-0.1, -0.05) is 0 Å². The molecule has 0 bridgehead atoms. The second kappa shape index (κ2) is 2.47. The molecule has 13 heavy (non-hydrogen) atoms. The van der Waals surface area contributed by atoms with E-state index in [2.05, 4.69) is 14.9 Å². The van der Waals surface area contributed by atoms with Gasteiger partial charge in [-0.3, -0.25) is 10.1 Å². The zero-order chi connectivity index (χ0) is 9.42. The first-order chi connectivity index (χ1) is 6.20. The van der Waals surface area contributed by atoms with E-state index in [0.29, 0.717) is 0 Å². The molecular weight excluding hydrogens is 181 g/mol. The molecule has 0 atom stereocenters. The van der Waals surface area contributed by atoms with Crippen molar-refractivity contribution in [3.63, 3.8) is 0 Å². The van der Waals surface area contributed by atoms with Crippen LogP contribution in [0.2, 0.25) is 0 Å². The van der Waals surface area contributed by atoms with Crippen molar-refractivity contribution in [2.45, 2.75) is 0 Å². The Morgan fingerprint density at radius 3 is 3.00 bits per heavy atom. The number of rotatable bonds is 1. The third kappa shape index (κ3) is 1.01. The molecule has 7 heteroatoms. The topological polar surface area (TPSA) is 82.1 Å². The zero-order valence-corrected chi connectivity index (χ0v) is 6.10. The lowest BCUT2D eigenvalue weighted by molar-refractivity contribution is -0.385. The summed E-state index contributed by atoms with van der Waals surface area (Å²) < 4.78 is 17.4. The highest BCUT2D eigenvalue weighted by atomic mass is 19.1. The number of halogens is 1. The van der Waals surface area contributed by atoms with Gasteiger partial charge in [0, 0.05) is 5.27 Å². The molecule has 0 spiro atoms. The van der Waals surface area contributed by atoms with E-state index in [4.69, 9.17) is 0 Å².